The molecule has 5 nitrogen and oxygen atoms in total. The maximum absolute atomic E-state index is 11.4. The zero-order valence-electron chi connectivity index (χ0n) is 9.89. The number of esters is 1. The third-order valence-electron chi connectivity index (χ3n) is 3.15. The predicted molar refractivity (Wildman–Crippen MR) is 60.5 cm³/mol. The summed E-state index contributed by atoms with van der Waals surface area (Å²) in [4.78, 5) is 13.6. The first-order valence-corrected chi connectivity index (χ1v) is 5.72. The van der Waals surface area contributed by atoms with Gasteiger partial charge in [0.2, 0.25) is 0 Å². The number of carbonyl (C=O) groups excluding carboxylic acids is 1. The van der Waals surface area contributed by atoms with E-state index in [-0.39, 0.29) is 12.6 Å². The highest BCUT2D eigenvalue weighted by molar-refractivity contribution is 5.90. The minimum absolute atomic E-state index is 0.221. The molecular formula is C12H17NO4. The Bertz CT molecular complexity index is 388. The van der Waals surface area contributed by atoms with Crippen molar-refractivity contribution in [2.75, 3.05) is 26.8 Å². The van der Waals surface area contributed by atoms with Crippen LogP contribution < -0.4 is 0 Å². The van der Waals surface area contributed by atoms with Crippen molar-refractivity contribution in [1.29, 1.82) is 0 Å². The van der Waals surface area contributed by atoms with Crippen LogP contribution >= 0.6 is 0 Å². The molecule has 0 amide bonds. The predicted octanol–water partition coefficient (Wildman–Crippen LogP) is 0.880. The second-order valence-electron chi connectivity index (χ2n) is 4.32. The van der Waals surface area contributed by atoms with Crippen LogP contribution in [0.5, 0.6) is 0 Å². The Morgan fingerprint density at radius 3 is 3.18 bits per heavy atom. The van der Waals surface area contributed by atoms with Gasteiger partial charge in [-0.1, -0.05) is 0 Å². The highest BCUT2D eigenvalue weighted by Crippen LogP contribution is 2.20. The zero-order chi connectivity index (χ0) is 12.3. The summed E-state index contributed by atoms with van der Waals surface area (Å²) in [6, 6.07) is 1.63. The lowest BCUT2D eigenvalue weighted by atomic mass is 10.1. The molecule has 1 atom stereocenters. The lowest BCUT2D eigenvalue weighted by molar-refractivity contribution is 0.0596. The Morgan fingerprint density at radius 2 is 2.53 bits per heavy atom. The molecule has 1 fully saturated rings. The molecule has 2 rings (SSSR count). The average Bonchev–Trinajstić information content (AvgIpc) is 2.97. The quantitative estimate of drug-likeness (QED) is 0.790. The molecule has 0 spiro atoms. The Morgan fingerprint density at radius 1 is 1.71 bits per heavy atom. The molecule has 0 bridgehead atoms. The van der Waals surface area contributed by atoms with Crippen molar-refractivity contribution in [1.82, 2.24) is 4.90 Å². The molecule has 0 aromatic carbocycles. The van der Waals surface area contributed by atoms with E-state index in [0.29, 0.717) is 23.8 Å². The van der Waals surface area contributed by atoms with Gasteiger partial charge in [0, 0.05) is 13.2 Å². The molecule has 94 valence electrons. The molecule has 0 aliphatic carbocycles. The SMILES string of the molecule is COC(=O)c1ccoc1CN1CCC(CO)C1. The summed E-state index contributed by atoms with van der Waals surface area (Å²) in [6.07, 6.45) is 2.49. The first-order chi connectivity index (χ1) is 8.24. The first kappa shape index (κ1) is 12.1. The standard InChI is InChI=1S/C12H17NO4/c1-16-12(15)10-3-5-17-11(10)7-13-4-2-9(6-13)8-14/h3,5,9,14H,2,4,6-8H2,1H3. The lowest BCUT2D eigenvalue weighted by Gasteiger charge is -2.14. The Balaban J connectivity index is 2.00. The third kappa shape index (κ3) is 2.68. The van der Waals surface area contributed by atoms with E-state index >= 15 is 0 Å². The zero-order valence-corrected chi connectivity index (χ0v) is 9.89. The van der Waals surface area contributed by atoms with Crippen molar-refractivity contribution < 1.29 is 19.1 Å². The fraction of sp³-hybridized carbons (Fsp3) is 0.583. The highest BCUT2D eigenvalue weighted by atomic mass is 16.5. The van der Waals surface area contributed by atoms with Gasteiger partial charge >= 0.3 is 5.97 Å². The summed E-state index contributed by atoms with van der Waals surface area (Å²) in [7, 11) is 1.36. The molecule has 0 saturated carbocycles. The van der Waals surface area contributed by atoms with Crippen LogP contribution in [0, 0.1) is 5.92 Å². The van der Waals surface area contributed by atoms with Gasteiger partial charge in [0.05, 0.1) is 19.9 Å². The van der Waals surface area contributed by atoms with Crippen LogP contribution in [0.2, 0.25) is 0 Å². The van der Waals surface area contributed by atoms with Crippen LogP contribution in [0.15, 0.2) is 16.7 Å². The van der Waals surface area contributed by atoms with Gasteiger partial charge < -0.3 is 14.3 Å². The highest BCUT2D eigenvalue weighted by Gasteiger charge is 2.24. The smallest absolute Gasteiger partial charge is 0.341 e. The number of ether oxygens (including phenoxy) is 1. The molecule has 1 aliphatic heterocycles. The van der Waals surface area contributed by atoms with E-state index in [1.54, 1.807) is 6.07 Å². The molecule has 1 unspecified atom stereocenters. The van der Waals surface area contributed by atoms with Crippen molar-refractivity contribution in [3.63, 3.8) is 0 Å². The number of aliphatic hydroxyl groups is 1. The van der Waals surface area contributed by atoms with Gasteiger partial charge in [-0.15, -0.1) is 0 Å². The number of furan rings is 1. The molecule has 0 radical (unpaired) electrons. The fourth-order valence-electron chi connectivity index (χ4n) is 2.16. The number of nitrogens with zero attached hydrogens (tertiary/aromatic N) is 1. The second kappa shape index (κ2) is 5.33. The molecule has 1 aromatic heterocycles. The van der Waals surface area contributed by atoms with Crippen LogP contribution in [-0.2, 0) is 11.3 Å². The Hall–Kier alpha value is -1.33. The number of hydrogen-bond donors (Lipinski definition) is 1. The topological polar surface area (TPSA) is 62.9 Å². The number of methoxy groups -OCH3 is 1. The van der Waals surface area contributed by atoms with Crippen LogP contribution in [0.4, 0.5) is 0 Å². The van der Waals surface area contributed by atoms with Gasteiger partial charge in [-0.25, -0.2) is 4.79 Å². The van der Waals surface area contributed by atoms with Gasteiger partial charge in [0.15, 0.2) is 0 Å². The van der Waals surface area contributed by atoms with Crippen molar-refractivity contribution in [2.24, 2.45) is 5.92 Å². The monoisotopic (exact) mass is 239 g/mol. The summed E-state index contributed by atoms with van der Waals surface area (Å²) in [5, 5.41) is 9.07. The van der Waals surface area contributed by atoms with Gasteiger partial charge in [-0.05, 0) is 24.9 Å². The van der Waals surface area contributed by atoms with Gasteiger partial charge in [0.1, 0.15) is 11.3 Å². The van der Waals surface area contributed by atoms with E-state index in [4.69, 9.17) is 9.52 Å². The number of likely N-dealkylation sites (tertiary alicyclic amines) is 1. The summed E-state index contributed by atoms with van der Waals surface area (Å²) in [6.45, 7) is 2.58. The summed E-state index contributed by atoms with van der Waals surface area (Å²) in [5.41, 5.74) is 0.486. The number of hydrogen-bond acceptors (Lipinski definition) is 5. The molecule has 1 N–H and O–H groups in total. The third-order valence-corrected chi connectivity index (χ3v) is 3.15. The molecule has 1 aliphatic rings. The van der Waals surface area contributed by atoms with Crippen LogP contribution in [-0.4, -0.2) is 42.8 Å². The first-order valence-electron chi connectivity index (χ1n) is 5.72. The largest absolute Gasteiger partial charge is 0.467 e. The maximum Gasteiger partial charge on any atom is 0.341 e. The van der Waals surface area contributed by atoms with Crippen molar-refractivity contribution in [3.05, 3.63) is 23.7 Å². The average molecular weight is 239 g/mol. The molecule has 1 aromatic rings. The van der Waals surface area contributed by atoms with E-state index in [1.807, 2.05) is 0 Å². The van der Waals surface area contributed by atoms with Crippen LogP contribution in [0.25, 0.3) is 0 Å². The van der Waals surface area contributed by atoms with Crippen molar-refractivity contribution >= 4 is 5.97 Å². The van der Waals surface area contributed by atoms with Crippen molar-refractivity contribution in [3.8, 4) is 0 Å². The number of aliphatic hydroxyl groups excluding tert-OH is 1. The molecule has 5 heteroatoms. The Labute approximate surface area is 100.0 Å². The maximum atomic E-state index is 11.4. The van der Waals surface area contributed by atoms with Gasteiger partial charge in [0.25, 0.3) is 0 Å². The molecule has 17 heavy (non-hydrogen) atoms. The molecule has 1 saturated heterocycles. The fourth-order valence-corrected chi connectivity index (χ4v) is 2.16. The van der Waals surface area contributed by atoms with Gasteiger partial charge in [-0.3, -0.25) is 4.90 Å². The lowest BCUT2D eigenvalue weighted by Crippen LogP contribution is -2.21. The summed E-state index contributed by atoms with van der Waals surface area (Å²) < 4.78 is 10.00. The minimum Gasteiger partial charge on any atom is -0.467 e. The van der Waals surface area contributed by atoms with Gasteiger partial charge in [-0.2, -0.15) is 0 Å². The summed E-state index contributed by atoms with van der Waals surface area (Å²) >= 11 is 0. The number of carbonyl (C=O) groups is 1. The Kier molecular flexibility index (Phi) is 3.81. The van der Waals surface area contributed by atoms with Crippen molar-refractivity contribution in [2.45, 2.75) is 13.0 Å². The van der Waals surface area contributed by atoms with Crippen LogP contribution in [0.3, 0.4) is 0 Å². The van der Waals surface area contributed by atoms with E-state index < -0.39 is 0 Å². The van der Waals surface area contributed by atoms with E-state index in [1.165, 1.54) is 13.4 Å². The molecule has 2 heterocycles. The minimum atomic E-state index is -0.369. The second-order valence-corrected chi connectivity index (χ2v) is 4.32. The van der Waals surface area contributed by atoms with E-state index in [0.717, 1.165) is 19.5 Å². The summed E-state index contributed by atoms with van der Waals surface area (Å²) in [5.74, 6) is 0.605. The number of rotatable bonds is 4. The molecular weight excluding hydrogens is 222 g/mol. The normalized spacial score (nSPS) is 20.7. The van der Waals surface area contributed by atoms with Crippen LogP contribution in [0.1, 0.15) is 22.5 Å². The van der Waals surface area contributed by atoms with E-state index in [9.17, 15) is 4.79 Å². The van der Waals surface area contributed by atoms with E-state index in [2.05, 4.69) is 9.64 Å².